The van der Waals surface area contributed by atoms with Gasteiger partial charge in [0.2, 0.25) is 11.7 Å². The Morgan fingerprint density at radius 1 is 1.20 bits per heavy atom. The molecule has 0 bridgehead atoms. The summed E-state index contributed by atoms with van der Waals surface area (Å²) < 4.78 is 5.34. The summed E-state index contributed by atoms with van der Waals surface area (Å²) in [5.41, 5.74) is 5.27. The Labute approximate surface area is 237 Å². The van der Waals surface area contributed by atoms with E-state index in [1.54, 1.807) is 31.3 Å². The van der Waals surface area contributed by atoms with Crippen molar-refractivity contribution in [3.63, 3.8) is 0 Å². The van der Waals surface area contributed by atoms with Crippen molar-refractivity contribution in [2.24, 2.45) is 23.5 Å². The van der Waals surface area contributed by atoms with Gasteiger partial charge in [0.25, 0.3) is 0 Å². The molecule has 2 fully saturated rings. The van der Waals surface area contributed by atoms with Gasteiger partial charge < -0.3 is 35.5 Å². The third kappa shape index (κ3) is 4.21. The maximum atomic E-state index is 14.1. The van der Waals surface area contributed by atoms with Crippen molar-refractivity contribution in [3.05, 3.63) is 46.9 Å². The highest BCUT2D eigenvalue weighted by Crippen LogP contribution is 2.53. The van der Waals surface area contributed by atoms with E-state index in [1.165, 1.54) is 6.26 Å². The van der Waals surface area contributed by atoms with E-state index < -0.39 is 58.7 Å². The topological polar surface area (TPSA) is 178 Å². The van der Waals surface area contributed by atoms with Crippen molar-refractivity contribution in [2.75, 3.05) is 27.2 Å². The van der Waals surface area contributed by atoms with Crippen LogP contribution in [0.15, 0.2) is 34.6 Å². The SMILES string of the molecule is CCN(CC)Cc1cc(-c2ccoc2)c2c(c1O)C(O)=C1C(=O)[C@]3(O)C(=O)C(C(N)=O)C(O)[C@@H](N(C)C)[C@@H]3C[C@@H]1C2. The minimum Gasteiger partial charge on any atom is -0.507 e. The van der Waals surface area contributed by atoms with Crippen molar-refractivity contribution >= 4 is 23.2 Å². The first kappa shape index (κ1) is 29.0. The summed E-state index contributed by atoms with van der Waals surface area (Å²) in [7, 11) is 3.25. The number of primary amides is 1. The molecule has 220 valence electrons. The summed E-state index contributed by atoms with van der Waals surface area (Å²) >= 11 is 0. The summed E-state index contributed by atoms with van der Waals surface area (Å²) in [4.78, 5) is 43.6. The van der Waals surface area contributed by atoms with Crippen LogP contribution in [0.5, 0.6) is 5.75 Å². The number of nitrogens with zero attached hydrogens (tertiary/aromatic N) is 2. The molecule has 6 atom stereocenters. The number of benzene rings is 1. The van der Waals surface area contributed by atoms with Gasteiger partial charge in [-0.3, -0.25) is 19.3 Å². The van der Waals surface area contributed by atoms with Gasteiger partial charge in [0.1, 0.15) is 17.4 Å². The van der Waals surface area contributed by atoms with Gasteiger partial charge in [-0.15, -0.1) is 0 Å². The van der Waals surface area contributed by atoms with Gasteiger partial charge in [-0.1, -0.05) is 13.8 Å². The minimum atomic E-state index is -2.69. The first-order valence-electron chi connectivity index (χ1n) is 13.9. The first-order chi connectivity index (χ1) is 19.4. The second-order valence-electron chi connectivity index (χ2n) is 11.5. The molecule has 2 aromatic rings. The van der Waals surface area contributed by atoms with Gasteiger partial charge in [-0.05, 0) is 69.2 Å². The first-order valence-corrected chi connectivity index (χ1v) is 13.9. The summed E-state index contributed by atoms with van der Waals surface area (Å²) in [5, 5.41) is 46.0. The minimum absolute atomic E-state index is 0.0605. The number of Topliss-reactive ketones (excluding diaryl/α,β-unsaturated/α-hetero) is 2. The number of furan rings is 1. The number of hydrogen-bond acceptors (Lipinski definition) is 10. The average Bonchev–Trinajstić information content (AvgIpc) is 3.45. The Kier molecular flexibility index (Phi) is 7.35. The van der Waals surface area contributed by atoms with E-state index >= 15 is 0 Å². The summed E-state index contributed by atoms with van der Waals surface area (Å²) in [6, 6.07) is 2.70. The van der Waals surface area contributed by atoms with E-state index in [1.807, 2.05) is 19.9 Å². The van der Waals surface area contributed by atoms with Crippen molar-refractivity contribution in [1.29, 1.82) is 0 Å². The zero-order chi connectivity index (χ0) is 30.0. The van der Waals surface area contributed by atoms with Gasteiger partial charge in [0.05, 0.1) is 24.2 Å². The molecular weight excluding hydrogens is 530 g/mol. The Balaban J connectivity index is 1.72. The second kappa shape index (κ2) is 10.4. The fraction of sp³-hybridized carbons (Fsp3) is 0.500. The Morgan fingerprint density at radius 3 is 2.44 bits per heavy atom. The molecular formula is C30H37N3O8. The van der Waals surface area contributed by atoms with Crippen LogP contribution < -0.4 is 5.73 Å². The predicted octanol–water partition coefficient (Wildman–Crippen LogP) is 1.23. The van der Waals surface area contributed by atoms with Crippen molar-refractivity contribution in [3.8, 4) is 16.9 Å². The van der Waals surface area contributed by atoms with Crippen molar-refractivity contribution in [1.82, 2.24) is 9.80 Å². The van der Waals surface area contributed by atoms with Crippen LogP contribution in [0.4, 0.5) is 0 Å². The largest absolute Gasteiger partial charge is 0.507 e. The number of amides is 1. The standard InChI is InChI=1S/C30H37N3O8/c1-5-33(6-2)12-16-10-17(14-7-8-41-13-14)18-9-15-11-19-23(32(3)4)26(36)22(29(31)39)28(38)30(19,40)27(37)20(15)25(35)21(18)24(16)34/h7-8,10,13,15,19,22-23,26,34-36,40H,5-6,9,11-12H2,1-4H3,(H2,31,39)/t15-,19-,22?,23-,26?,30-/m0/s1. The molecule has 0 radical (unpaired) electrons. The third-order valence-corrected chi connectivity index (χ3v) is 9.29. The molecule has 0 saturated heterocycles. The molecule has 3 aliphatic carbocycles. The fourth-order valence-electron chi connectivity index (χ4n) is 7.21. The lowest BCUT2D eigenvalue weighted by Gasteiger charge is -2.53. The van der Waals surface area contributed by atoms with Crippen LogP contribution >= 0.6 is 0 Å². The quantitative estimate of drug-likeness (QED) is 0.306. The second-order valence-corrected chi connectivity index (χ2v) is 11.5. The monoisotopic (exact) mass is 567 g/mol. The Hall–Kier alpha value is -3.51. The zero-order valence-electron chi connectivity index (χ0n) is 23.6. The lowest BCUT2D eigenvalue weighted by atomic mass is 9.54. The molecule has 1 aromatic heterocycles. The van der Waals surface area contributed by atoms with Gasteiger partial charge in [-0.2, -0.15) is 0 Å². The summed E-state index contributed by atoms with van der Waals surface area (Å²) in [6.45, 7) is 5.81. The average molecular weight is 568 g/mol. The Bertz CT molecular complexity index is 1430. The van der Waals surface area contributed by atoms with Crippen LogP contribution in [0.25, 0.3) is 16.9 Å². The number of phenolic OH excluding ortho intramolecular Hbond substituents is 1. The number of aromatic hydroxyl groups is 1. The van der Waals surface area contributed by atoms with Gasteiger partial charge >= 0.3 is 0 Å². The molecule has 11 nitrogen and oxygen atoms in total. The van der Waals surface area contributed by atoms with Crippen LogP contribution in [0.2, 0.25) is 0 Å². The van der Waals surface area contributed by atoms with Crippen LogP contribution in [0.1, 0.15) is 37.0 Å². The van der Waals surface area contributed by atoms with Crippen LogP contribution in [0, 0.1) is 17.8 Å². The van der Waals surface area contributed by atoms with E-state index in [9.17, 15) is 34.8 Å². The van der Waals surface area contributed by atoms with Crippen LogP contribution in [-0.4, -0.2) is 92.6 Å². The van der Waals surface area contributed by atoms with Crippen LogP contribution in [0.3, 0.4) is 0 Å². The number of carbonyl (C=O) groups is 3. The van der Waals surface area contributed by atoms with Gasteiger partial charge in [-0.25, -0.2) is 0 Å². The number of likely N-dealkylation sites (N-methyl/N-ethyl adjacent to an activating group) is 1. The predicted molar refractivity (Wildman–Crippen MR) is 148 cm³/mol. The molecule has 11 heteroatoms. The van der Waals surface area contributed by atoms with Crippen LogP contribution in [-0.2, 0) is 27.3 Å². The highest BCUT2D eigenvalue weighted by molar-refractivity contribution is 6.25. The number of rotatable bonds is 7. The lowest BCUT2D eigenvalue weighted by Crippen LogP contribution is -2.73. The van der Waals surface area contributed by atoms with Gasteiger partial charge in [0.15, 0.2) is 11.4 Å². The molecule has 5 rings (SSSR count). The molecule has 1 aromatic carbocycles. The van der Waals surface area contributed by atoms with Crippen molar-refractivity contribution in [2.45, 2.75) is 51.0 Å². The zero-order valence-corrected chi connectivity index (χ0v) is 23.6. The summed E-state index contributed by atoms with van der Waals surface area (Å²) in [6.07, 6.45) is 1.84. The van der Waals surface area contributed by atoms with E-state index in [0.29, 0.717) is 17.7 Å². The van der Waals surface area contributed by atoms with E-state index in [-0.39, 0.29) is 29.7 Å². The molecule has 41 heavy (non-hydrogen) atoms. The molecule has 2 unspecified atom stereocenters. The molecule has 3 aliphatic rings. The van der Waals surface area contributed by atoms with E-state index in [0.717, 1.165) is 24.2 Å². The smallest absolute Gasteiger partial charge is 0.230 e. The van der Waals surface area contributed by atoms with Crippen molar-refractivity contribution < 1.29 is 39.2 Å². The molecule has 1 heterocycles. The molecule has 1 amide bonds. The van der Waals surface area contributed by atoms with E-state index in [4.69, 9.17) is 10.2 Å². The number of carbonyl (C=O) groups excluding carboxylic acids is 3. The number of hydrogen-bond donors (Lipinski definition) is 5. The number of aliphatic hydroxyl groups excluding tert-OH is 2. The number of aliphatic hydroxyl groups is 3. The highest BCUT2D eigenvalue weighted by atomic mass is 16.3. The molecule has 0 aliphatic heterocycles. The number of phenols is 1. The summed E-state index contributed by atoms with van der Waals surface area (Å²) in [5.74, 6) is -7.55. The lowest BCUT2D eigenvalue weighted by molar-refractivity contribution is -0.184. The maximum absolute atomic E-state index is 14.1. The number of fused-ring (bicyclic) bond motifs is 3. The number of nitrogens with two attached hydrogens (primary N) is 1. The fourth-order valence-corrected chi connectivity index (χ4v) is 7.21. The van der Waals surface area contributed by atoms with E-state index in [2.05, 4.69) is 4.90 Å². The maximum Gasteiger partial charge on any atom is 0.230 e. The number of ketones is 2. The Morgan fingerprint density at radius 2 is 1.88 bits per heavy atom. The third-order valence-electron chi connectivity index (χ3n) is 9.29. The normalized spacial score (nSPS) is 29.5. The van der Waals surface area contributed by atoms with Gasteiger partial charge in [0, 0.05) is 35.2 Å². The molecule has 2 saturated carbocycles. The molecule has 6 N–H and O–H groups in total. The molecule has 0 spiro atoms. The highest BCUT2D eigenvalue weighted by Gasteiger charge is 2.67.